The largest absolute Gasteiger partial charge is 0.396 e. The Hall–Kier alpha value is -1.37. The molecule has 1 saturated carbocycles. The lowest BCUT2D eigenvalue weighted by Gasteiger charge is -2.37. The number of aromatic nitrogens is 1. The summed E-state index contributed by atoms with van der Waals surface area (Å²) in [5, 5.41) is 9.31. The van der Waals surface area contributed by atoms with Crippen molar-refractivity contribution in [2.24, 2.45) is 5.92 Å². The van der Waals surface area contributed by atoms with Gasteiger partial charge in [-0.15, -0.1) is 0 Å². The molecule has 1 amide bonds. The lowest BCUT2D eigenvalue weighted by atomic mass is 10.1. The van der Waals surface area contributed by atoms with Crippen LogP contribution >= 0.6 is 11.6 Å². The van der Waals surface area contributed by atoms with E-state index in [9.17, 15) is 14.7 Å². The quantitative estimate of drug-likeness (QED) is 0.839. The van der Waals surface area contributed by atoms with E-state index in [1.807, 2.05) is 0 Å². The number of carbonyl (C=O) groups excluding carboxylic acids is 1. The van der Waals surface area contributed by atoms with Gasteiger partial charge in [-0.1, -0.05) is 11.6 Å². The first-order valence-electron chi connectivity index (χ1n) is 7.02. The number of halogens is 1. The van der Waals surface area contributed by atoms with E-state index in [1.54, 1.807) is 4.90 Å². The number of fused-ring (bicyclic) bond motifs is 1. The lowest BCUT2D eigenvalue weighted by Crippen LogP contribution is -2.51. The Morgan fingerprint density at radius 3 is 3.05 bits per heavy atom. The molecule has 6 nitrogen and oxygen atoms in total. The Morgan fingerprint density at radius 2 is 2.33 bits per heavy atom. The van der Waals surface area contributed by atoms with Crippen LogP contribution in [0.25, 0.3) is 0 Å². The predicted molar refractivity (Wildman–Crippen MR) is 76.4 cm³/mol. The second kappa shape index (κ2) is 5.79. The van der Waals surface area contributed by atoms with Crippen LogP contribution in [0.5, 0.6) is 0 Å². The third-order valence-electron chi connectivity index (χ3n) is 4.26. The Balaban J connectivity index is 1.83. The molecule has 3 rings (SSSR count). The maximum absolute atomic E-state index is 12.6. The third kappa shape index (κ3) is 2.71. The highest BCUT2D eigenvalue weighted by molar-refractivity contribution is 6.30. The number of aliphatic hydroxyl groups excluding tert-OH is 1. The normalized spacial score (nSPS) is 28.5. The number of hydrogen-bond donors (Lipinski definition) is 2. The molecule has 1 saturated heterocycles. The number of rotatable bonds is 2. The fraction of sp³-hybridized carbons (Fsp3) is 0.571. The van der Waals surface area contributed by atoms with Crippen LogP contribution < -0.4 is 5.56 Å². The molecule has 21 heavy (non-hydrogen) atoms. The predicted octanol–water partition coefficient (Wildman–Crippen LogP) is 0.640. The highest BCUT2D eigenvalue weighted by atomic mass is 35.5. The van der Waals surface area contributed by atoms with Crippen molar-refractivity contribution in [3.63, 3.8) is 0 Å². The zero-order chi connectivity index (χ0) is 15.0. The van der Waals surface area contributed by atoms with Crippen LogP contribution in [-0.2, 0) is 4.74 Å². The fourth-order valence-corrected chi connectivity index (χ4v) is 3.37. The van der Waals surface area contributed by atoms with Crippen molar-refractivity contribution in [2.45, 2.75) is 25.0 Å². The fourth-order valence-electron chi connectivity index (χ4n) is 3.20. The Morgan fingerprint density at radius 1 is 1.52 bits per heavy atom. The van der Waals surface area contributed by atoms with Gasteiger partial charge in [0.15, 0.2) is 0 Å². The molecule has 2 aliphatic rings. The summed E-state index contributed by atoms with van der Waals surface area (Å²) >= 11 is 5.78. The van der Waals surface area contributed by atoms with Gasteiger partial charge in [-0.2, -0.15) is 0 Å². The van der Waals surface area contributed by atoms with Crippen molar-refractivity contribution in [1.82, 2.24) is 9.88 Å². The molecular formula is C14H17ClN2O4. The maximum atomic E-state index is 12.6. The summed E-state index contributed by atoms with van der Waals surface area (Å²) in [5.41, 5.74) is -0.0398. The van der Waals surface area contributed by atoms with Crippen LogP contribution in [0, 0.1) is 5.92 Å². The average molecular weight is 313 g/mol. The number of pyridine rings is 1. The zero-order valence-electron chi connectivity index (χ0n) is 11.4. The van der Waals surface area contributed by atoms with Gasteiger partial charge in [0.2, 0.25) is 0 Å². The number of carbonyl (C=O) groups is 1. The van der Waals surface area contributed by atoms with Crippen LogP contribution in [-0.4, -0.2) is 52.8 Å². The summed E-state index contributed by atoms with van der Waals surface area (Å²) in [4.78, 5) is 28.1. The van der Waals surface area contributed by atoms with Crippen molar-refractivity contribution >= 4 is 17.5 Å². The molecule has 0 unspecified atom stereocenters. The minimum Gasteiger partial charge on any atom is -0.396 e. The van der Waals surface area contributed by atoms with E-state index < -0.39 is 5.56 Å². The molecule has 1 aliphatic carbocycles. The molecule has 3 atom stereocenters. The molecule has 2 heterocycles. The zero-order valence-corrected chi connectivity index (χ0v) is 12.2. The van der Waals surface area contributed by atoms with E-state index >= 15 is 0 Å². The van der Waals surface area contributed by atoms with Gasteiger partial charge in [-0.05, 0) is 24.8 Å². The van der Waals surface area contributed by atoms with E-state index in [0.717, 1.165) is 12.8 Å². The molecule has 7 heteroatoms. The first kappa shape index (κ1) is 14.6. The topological polar surface area (TPSA) is 82.6 Å². The van der Waals surface area contributed by atoms with Crippen molar-refractivity contribution in [3.8, 4) is 0 Å². The molecule has 0 aromatic carbocycles. The highest BCUT2D eigenvalue weighted by Gasteiger charge is 2.42. The smallest absolute Gasteiger partial charge is 0.266 e. The number of H-pyrrole nitrogens is 1. The van der Waals surface area contributed by atoms with Crippen LogP contribution in [0.3, 0.4) is 0 Å². The number of hydrogen-bond acceptors (Lipinski definition) is 4. The van der Waals surface area contributed by atoms with Gasteiger partial charge in [0.05, 0.1) is 24.3 Å². The number of nitrogens with zero attached hydrogens (tertiary/aromatic N) is 1. The van der Waals surface area contributed by atoms with Gasteiger partial charge >= 0.3 is 0 Å². The van der Waals surface area contributed by atoms with Gasteiger partial charge in [0.1, 0.15) is 5.02 Å². The number of nitrogens with one attached hydrogen (secondary N) is 1. The molecule has 0 radical (unpaired) electrons. The first-order chi connectivity index (χ1) is 10.1. The molecule has 1 aromatic rings. The highest BCUT2D eigenvalue weighted by Crippen LogP contribution is 2.34. The summed E-state index contributed by atoms with van der Waals surface area (Å²) < 4.78 is 5.70. The summed E-state index contributed by atoms with van der Waals surface area (Å²) in [6.07, 6.45) is 2.89. The van der Waals surface area contributed by atoms with Crippen LogP contribution in [0.1, 0.15) is 23.2 Å². The molecule has 0 spiro atoms. The first-order valence-corrected chi connectivity index (χ1v) is 7.39. The summed E-state index contributed by atoms with van der Waals surface area (Å²) in [6.45, 7) is 1.11. The molecule has 2 fully saturated rings. The Bertz CT molecular complexity index is 603. The molecule has 2 N–H and O–H groups in total. The van der Waals surface area contributed by atoms with Gasteiger partial charge in [-0.3, -0.25) is 9.59 Å². The number of amides is 1. The number of morpholine rings is 1. The number of aliphatic hydroxyl groups is 1. The standard InChI is InChI=1S/C14H17ClN2O4/c15-10-5-9(6-16-13(10)19)14(20)17-1-2-21-12-4-8(7-18)3-11(12)17/h5-6,8,11-12,18H,1-4,7H2,(H,16,19)/t8-,11+,12+/m1/s1. The van der Waals surface area contributed by atoms with Crippen LogP contribution in [0.2, 0.25) is 5.02 Å². The maximum Gasteiger partial charge on any atom is 0.266 e. The number of ether oxygens (including phenoxy) is 1. The van der Waals surface area contributed by atoms with E-state index in [4.69, 9.17) is 16.3 Å². The lowest BCUT2D eigenvalue weighted by molar-refractivity contribution is -0.0449. The minimum absolute atomic E-state index is 0.00492. The second-order valence-corrected chi connectivity index (χ2v) is 5.97. The summed E-state index contributed by atoms with van der Waals surface area (Å²) in [5.74, 6) is 0.0117. The second-order valence-electron chi connectivity index (χ2n) is 5.56. The van der Waals surface area contributed by atoms with Gasteiger partial charge in [0, 0.05) is 19.3 Å². The van der Waals surface area contributed by atoms with E-state index in [-0.39, 0.29) is 35.6 Å². The number of aromatic amines is 1. The van der Waals surface area contributed by atoms with Crippen molar-refractivity contribution in [1.29, 1.82) is 0 Å². The third-order valence-corrected chi connectivity index (χ3v) is 4.54. The summed E-state index contributed by atoms with van der Waals surface area (Å²) in [6, 6.07) is 1.38. The van der Waals surface area contributed by atoms with Crippen molar-refractivity contribution in [3.05, 3.63) is 33.2 Å². The Labute approximate surface area is 126 Å². The SMILES string of the molecule is O=C(c1c[nH]c(=O)c(Cl)c1)N1CCO[C@H]2C[C@H](CO)C[C@@H]21. The van der Waals surface area contributed by atoms with E-state index in [2.05, 4.69) is 4.98 Å². The van der Waals surface area contributed by atoms with Crippen molar-refractivity contribution in [2.75, 3.05) is 19.8 Å². The monoisotopic (exact) mass is 312 g/mol. The van der Waals surface area contributed by atoms with Crippen molar-refractivity contribution < 1.29 is 14.6 Å². The van der Waals surface area contributed by atoms with Gasteiger partial charge in [0.25, 0.3) is 11.5 Å². The van der Waals surface area contributed by atoms with E-state index in [0.29, 0.717) is 18.7 Å². The van der Waals surface area contributed by atoms with Crippen LogP contribution in [0.15, 0.2) is 17.1 Å². The van der Waals surface area contributed by atoms with Crippen LogP contribution in [0.4, 0.5) is 0 Å². The molecular weight excluding hydrogens is 296 g/mol. The van der Waals surface area contributed by atoms with Gasteiger partial charge < -0.3 is 19.7 Å². The minimum atomic E-state index is -0.408. The molecule has 1 aliphatic heterocycles. The average Bonchev–Trinajstić information content (AvgIpc) is 2.92. The van der Waals surface area contributed by atoms with E-state index in [1.165, 1.54) is 12.3 Å². The molecule has 114 valence electrons. The molecule has 1 aromatic heterocycles. The Kier molecular flexibility index (Phi) is 4.01. The van der Waals surface area contributed by atoms with Gasteiger partial charge in [-0.25, -0.2) is 0 Å². The molecule has 0 bridgehead atoms. The summed E-state index contributed by atoms with van der Waals surface area (Å²) in [7, 11) is 0.